The number of carbonyl (C=O) groups excluding carboxylic acids is 1. The predicted octanol–water partition coefficient (Wildman–Crippen LogP) is 3.94. The summed E-state index contributed by atoms with van der Waals surface area (Å²) in [6.45, 7) is 1.58. The number of thiophene rings is 1. The lowest BCUT2D eigenvalue weighted by atomic mass is 10.0. The van der Waals surface area contributed by atoms with Crippen LogP contribution in [-0.4, -0.2) is 17.4 Å². The number of rotatable bonds is 1. The molecule has 2 heterocycles. The third-order valence-electron chi connectivity index (χ3n) is 3.46. The average Bonchev–Trinajstić information content (AvgIpc) is 2.74. The molecule has 0 aliphatic carbocycles. The zero-order chi connectivity index (χ0) is 13.2. The number of hydrogen-bond donors (Lipinski definition) is 0. The van der Waals surface area contributed by atoms with Gasteiger partial charge in [-0.05, 0) is 52.6 Å². The quantitative estimate of drug-likeness (QED) is 0.684. The van der Waals surface area contributed by atoms with E-state index in [-0.39, 0.29) is 5.91 Å². The topological polar surface area (TPSA) is 20.3 Å². The molecule has 0 atom stereocenters. The molecule has 98 valence electrons. The van der Waals surface area contributed by atoms with Gasteiger partial charge in [0.2, 0.25) is 0 Å². The van der Waals surface area contributed by atoms with E-state index in [0.29, 0.717) is 0 Å². The number of hydrogen-bond acceptors (Lipinski definition) is 2. The molecule has 1 amide bonds. The Bertz CT molecular complexity index is 608. The van der Waals surface area contributed by atoms with Gasteiger partial charge in [0.15, 0.2) is 0 Å². The second kappa shape index (κ2) is 5.63. The van der Waals surface area contributed by atoms with Crippen molar-refractivity contribution >= 4 is 39.8 Å². The van der Waals surface area contributed by atoms with E-state index in [0.717, 1.165) is 34.4 Å². The van der Waals surface area contributed by atoms with Crippen molar-refractivity contribution < 1.29 is 4.79 Å². The minimum absolute atomic E-state index is 0.163. The fourth-order valence-corrected chi connectivity index (χ4v) is 3.80. The molecule has 0 bridgehead atoms. The maximum Gasteiger partial charge on any atom is 0.255 e. The molecule has 2 aromatic rings. The number of carbonyl (C=O) groups is 1. The van der Waals surface area contributed by atoms with Gasteiger partial charge in [0.1, 0.15) is 0 Å². The lowest BCUT2D eigenvalue weighted by molar-refractivity contribution is 0.0746. The Labute approximate surface area is 130 Å². The molecule has 1 aliphatic rings. The van der Waals surface area contributed by atoms with Crippen LogP contribution in [0.4, 0.5) is 0 Å². The van der Waals surface area contributed by atoms with E-state index in [9.17, 15) is 4.79 Å². The number of nitrogens with zero attached hydrogens (tertiary/aromatic N) is 1. The van der Waals surface area contributed by atoms with Gasteiger partial charge in [-0.25, -0.2) is 0 Å². The van der Waals surface area contributed by atoms with Crippen molar-refractivity contribution in [2.45, 2.75) is 19.4 Å². The molecule has 0 N–H and O–H groups in total. The van der Waals surface area contributed by atoms with Crippen LogP contribution < -0.4 is 0 Å². The second-order valence-corrected chi connectivity index (χ2v) is 7.54. The summed E-state index contributed by atoms with van der Waals surface area (Å²) in [4.78, 5) is 14.5. The standard InChI is InChI=1S/C15H14INOS/c16-14-8-13(10-19-14)15(18)17-7-3-6-11-4-1-2-5-12(11)9-17/h1-2,4-5,8,10H,3,6-7,9H2. The van der Waals surface area contributed by atoms with Crippen LogP contribution in [0, 0.1) is 2.88 Å². The first-order valence-electron chi connectivity index (χ1n) is 6.34. The van der Waals surface area contributed by atoms with Crippen molar-refractivity contribution in [3.63, 3.8) is 0 Å². The average molecular weight is 383 g/mol. The van der Waals surface area contributed by atoms with Crippen molar-refractivity contribution in [2.75, 3.05) is 6.54 Å². The molecule has 3 rings (SSSR count). The van der Waals surface area contributed by atoms with Crippen LogP contribution in [0.25, 0.3) is 0 Å². The Morgan fingerprint density at radius 1 is 1.26 bits per heavy atom. The molecule has 2 nitrogen and oxygen atoms in total. The Morgan fingerprint density at radius 2 is 2.05 bits per heavy atom. The summed E-state index contributed by atoms with van der Waals surface area (Å²) in [7, 11) is 0. The SMILES string of the molecule is O=C(c1csc(I)c1)N1CCCc2ccccc2C1. The van der Waals surface area contributed by atoms with Crippen molar-refractivity contribution in [3.8, 4) is 0 Å². The Balaban J connectivity index is 1.84. The minimum Gasteiger partial charge on any atom is -0.334 e. The van der Waals surface area contributed by atoms with Crippen molar-refractivity contribution in [3.05, 3.63) is 55.3 Å². The Kier molecular flexibility index (Phi) is 3.88. The molecule has 0 unspecified atom stereocenters. The molecule has 0 fully saturated rings. The molecule has 0 radical (unpaired) electrons. The molecule has 4 heteroatoms. The fourth-order valence-electron chi connectivity index (χ4n) is 2.48. The number of amides is 1. The molecule has 0 saturated carbocycles. The third-order valence-corrected chi connectivity index (χ3v) is 5.24. The molecule has 0 spiro atoms. The number of halogens is 1. The van der Waals surface area contributed by atoms with E-state index in [1.807, 2.05) is 16.3 Å². The zero-order valence-electron chi connectivity index (χ0n) is 10.4. The first-order chi connectivity index (χ1) is 9.24. The predicted molar refractivity (Wildman–Crippen MR) is 86.5 cm³/mol. The molecule has 19 heavy (non-hydrogen) atoms. The van der Waals surface area contributed by atoms with Gasteiger partial charge in [0.25, 0.3) is 5.91 Å². The summed E-state index contributed by atoms with van der Waals surface area (Å²) in [5.41, 5.74) is 3.50. The summed E-state index contributed by atoms with van der Waals surface area (Å²) in [5, 5.41) is 1.96. The Morgan fingerprint density at radius 3 is 2.79 bits per heavy atom. The largest absolute Gasteiger partial charge is 0.334 e. The smallest absolute Gasteiger partial charge is 0.255 e. The Hall–Kier alpha value is -0.880. The molecule has 0 saturated heterocycles. The molecular weight excluding hydrogens is 369 g/mol. The number of benzene rings is 1. The van der Waals surface area contributed by atoms with E-state index in [2.05, 4.69) is 46.9 Å². The van der Waals surface area contributed by atoms with Crippen LogP contribution >= 0.6 is 33.9 Å². The summed E-state index contributed by atoms with van der Waals surface area (Å²) >= 11 is 3.89. The number of fused-ring (bicyclic) bond motifs is 1. The van der Waals surface area contributed by atoms with E-state index in [1.165, 1.54) is 11.1 Å². The first kappa shape index (κ1) is 13.1. The van der Waals surface area contributed by atoms with Gasteiger partial charge in [0, 0.05) is 18.5 Å². The molecule has 1 aromatic heterocycles. The van der Waals surface area contributed by atoms with Gasteiger partial charge >= 0.3 is 0 Å². The molecular formula is C15H14INOS. The normalized spacial score (nSPS) is 14.9. The van der Waals surface area contributed by atoms with Crippen LogP contribution in [0.3, 0.4) is 0 Å². The van der Waals surface area contributed by atoms with Crippen LogP contribution in [0.15, 0.2) is 35.7 Å². The highest BCUT2D eigenvalue weighted by atomic mass is 127. The van der Waals surface area contributed by atoms with E-state index < -0.39 is 0 Å². The second-order valence-electron chi connectivity index (χ2n) is 4.74. The highest BCUT2D eigenvalue weighted by Crippen LogP contribution is 2.22. The van der Waals surface area contributed by atoms with Crippen LogP contribution in [0.2, 0.25) is 0 Å². The number of aryl methyl sites for hydroxylation is 1. The highest BCUT2D eigenvalue weighted by molar-refractivity contribution is 14.1. The van der Waals surface area contributed by atoms with E-state index >= 15 is 0 Å². The molecule has 1 aliphatic heterocycles. The van der Waals surface area contributed by atoms with Gasteiger partial charge in [0.05, 0.1) is 8.45 Å². The van der Waals surface area contributed by atoms with E-state index in [1.54, 1.807) is 11.3 Å². The highest BCUT2D eigenvalue weighted by Gasteiger charge is 2.20. The van der Waals surface area contributed by atoms with Gasteiger partial charge in [-0.15, -0.1) is 11.3 Å². The van der Waals surface area contributed by atoms with Gasteiger partial charge in [-0.1, -0.05) is 24.3 Å². The van der Waals surface area contributed by atoms with Gasteiger partial charge in [-0.2, -0.15) is 0 Å². The first-order valence-corrected chi connectivity index (χ1v) is 8.30. The summed E-state index contributed by atoms with van der Waals surface area (Å²) in [6, 6.07) is 10.4. The van der Waals surface area contributed by atoms with Crippen LogP contribution in [-0.2, 0) is 13.0 Å². The van der Waals surface area contributed by atoms with Crippen molar-refractivity contribution in [2.24, 2.45) is 0 Å². The zero-order valence-corrected chi connectivity index (χ0v) is 13.4. The maximum atomic E-state index is 12.5. The lowest BCUT2D eigenvalue weighted by Crippen LogP contribution is -2.30. The van der Waals surface area contributed by atoms with Gasteiger partial charge in [-0.3, -0.25) is 4.79 Å². The summed E-state index contributed by atoms with van der Waals surface area (Å²) in [5.74, 6) is 0.163. The third kappa shape index (κ3) is 2.84. The van der Waals surface area contributed by atoms with Gasteiger partial charge < -0.3 is 4.90 Å². The molecule has 1 aromatic carbocycles. The monoisotopic (exact) mass is 383 g/mol. The minimum atomic E-state index is 0.163. The summed E-state index contributed by atoms with van der Waals surface area (Å²) < 4.78 is 1.16. The lowest BCUT2D eigenvalue weighted by Gasteiger charge is -2.20. The fraction of sp³-hybridized carbons (Fsp3) is 0.267. The van der Waals surface area contributed by atoms with E-state index in [4.69, 9.17) is 0 Å². The maximum absolute atomic E-state index is 12.5. The van der Waals surface area contributed by atoms with Crippen molar-refractivity contribution in [1.29, 1.82) is 0 Å². The van der Waals surface area contributed by atoms with Crippen LogP contribution in [0.5, 0.6) is 0 Å². The summed E-state index contributed by atoms with van der Waals surface area (Å²) in [6.07, 6.45) is 2.12. The van der Waals surface area contributed by atoms with Crippen molar-refractivity contribution in [1.82, 2.24) is 4.90 Å². The van der Waals surface area contributed by atoms with Crippen LogP contribution in [0.1, 0.15) is 27.9 Å².